The molecule has 3 heteroatoms. The summed E-state index contributed by atoms with van der Waals surface area (Å²) in [5.74, 6) is 0. The first kappa shape index (κ1) is 5.69. The molecule has 1 aromatic heterocycles. The summed E-state index contributed by atoms with van der Waals surface area (Å²) >= 11 is 4.92. The van der Waals surface area contributed by atoms with Crippen LogP contribution in [0.4, 0.5) is 0 Å². The van der Waals surface area contributed by atoms with Crippen molar-refractivity contribution in [3.63, 3.8) is 0 Å². The van der Waals surface area contributed by atoms with Crippen molar-refractivity contribution in [3.8, 4) is 0 Å². The summed E-state index contributed by atoms with van der Waals surface area (Å²) in [5, 5.41) is 0.123. The fourth-order valence-corrected chi connectivity index (χ4v) is 0.609. The van der Waals surface area contributed by atoms with Gasteiger partial charge in [0.05, 0.1) is 11.7 Å². The van der Waals surface area contributed by atoms with Crippen LogP contribution in [0.25, 0.3) is 0 Å². The maximum absolute atomic E-state index is 4.92. The van der Waals surface area contributed by atoms with Crippen LogP contribution in [0.3, 0.4) is 0 Å². The summed E-state index contributed by atoms with van der Waals surface area (Å²) in [4.78, 5) is 3.84. The van der Waals surface area contributed by atoms with E-state index in [0.717, 1.165) is 0 Å². The Kier molecular flexibility index (Phi) is 1.58. The van der Waals surface area contributed by atoms with Crippen molar-refractivity contribution < 1.29 is 0 Å². The topological polar surface area (TPSA) is 17.8 Å². The third kappa shape index (κ3) is 1.04. The monoisotopic (exact) mass is 127 g/mol. The highest BCUT2D eigenvalue weighted by Gasteiger charge is 1.92. The highest BCUT2D eigenvalue weighted by Crippen LogP contribution is 2.06. The van der Waals surface area contributed by atoms with Crippen molar-refractivity contribution in [2.75, 3.05) is 0 Å². The van der Waals surface area contributed by atoms with Gasteiger partial charge < -0.3 is 4.57 Å². The lowest BCUT2D eigenvalue weighted by molar-refractivity contribution is 0.744. The van der Waals surface area contributed by atoms with Gasteiger partial charge in [-0.3, -0.25) is 0 Å². The Hall–Kier alpha value is -0.440. The molecule has 2 nitrogen and oxygen atoms in total. The van der Waals surface area contributed by atoms with Crippen LogP contribution in [0.2, 0.25) is 0 Å². The van der Waals surface area contributed by atoms with E-state index in [4.69, 9.17) is 12.6 Å². The van der Waals surface area contributed by atoms with Gasteiger partial charge in [0.2, 0.25) is 0 Å². The van der Waals surface area contributed by atoms with Crippen molar-refractivity contribution in [2.45, 2.75) is 12.3 Å². The Morgan fingerprint density at radius 2 is 2.50 bits per heavy atom. The van der Waals surface area contributed by atoms with E-state index < -0.39 is 0 Å². The number of aromatic nitrogens is 2. The molecule has 0 saturated carbocycles. The van der Waals surface area contributed by atoms with E-state index in [9.17, 15) is 0 Å². The van der Waals surface area contributed by atoms with Crippen molar-refractivity contribution in [2.24, 2.45) is 0 Å². The summed E-state index contributed by atoms with van der Waals surface area (Å²) in [7, 11) is 0. The molecule has 1 unspecified atom stereocenters. The van der Waals surface area contributed by atoms with Crippen molar-refractivity contribution >= 4 is 12.6 Å². The van der Waals surface area contributed by atoms with E-state index in [1.54, 1.807) is 12.5 Å². The van der Waals surface area contributed by atoms with E-state index in [2.05, 4.69) is 4.98 Å². The standard InChI is InChI=1S/C5H7N2S/c1-5(8)7-3-2-6-4-7/h2-5H,1H3. The van der Waals surface area contributed by atoms with Gasteiger partial charge in [-0.15, -0.1) is 0 Å². The Bertz CT molecular complexity index is 145. The smallest absolute Gasteiger partial charge is 0.0955 e. The molecule has 1 rings (SSSR count). The molecule has 8 heavy (non-hydrogen) atoms. The van der Waals surface area contributed by atoms with Crippen molar-refractivity contribution in [1.29, 1.82) is 0 Å². The van der Waals surface area contributed by atoms with E-state index >= 15 is 0 Å². The quantitative estimate of drug-likeness (QED) is 0.560. The highest BCUT2D eigenvalue weighted by molar-refractivity contribution is 7.80. The molecule has 1 radical (unpaired) electrons. The van der Waals surface area contributed by atoms with E-state index in [0.29, 0.717) is 0 Å². The van der Waals surface area contributed by atoms with Crippen molar-refractivity contribution in [1.82, 2.24) is 9.55 Å². The predicted molar refractivity (Wildman–Crippen MR) is 34.5 cm³/mol. The van der Waals surface area contributed by atoms with Gasteiger partial charge in [-0.2, -0.15) is 0 Å². The zero-order valence-electron chi connectivity index (χ0n) is 4.61. The predicted octanol–water partition coefficient (Wildman–Crippen LogP) is 1.60. The molecule has 0 N–H and O–H groups in total. The second-order valence-electron chi connectivity index (χ2n) is 1.61. The van der Waals surface area contributed by atoms with Crippen molar-refractivity contribution in [3.05, 3.63) is 18.7 Å². The van der Waals surface area contributed by atoms with Gasteiger partial charge in [-0.05, 0) is 6.92 Å². The first-order chi connectivity index (χ1) is 3.80. The fourth-order valence-electron chi connectivity index (χ4n) is 0.485. The van der Waals surface area contributed by atoms with Gasteiger partial charge in [0.1, 0.15) is 0 Å². The number of nitrogens with zero attached hydrogens (tertiary/aromatic N) is 2. The fraction of sp³-hybridized carbons (Fsp3) is 0.400. The minimum absolute atomic E-state index is 0.123. The molecular formula is C5H7N2S. The zero-order chi connectivity index (χ0) is 5.98. The number of imidazole rings is 1. The largest absolute Gasteiger partial charge is 0.324 e. The number of hydrogen-bond acceptors (Lipinski definition) is 1. The number of rotatable bonds is 1. The molecule has 0 aromatic carbocycles. The summed E-state index contributed by atoms with van der Waals surface area (Å²) in [6, 6.07) is 0. The first-order valence-electron chi connectivity index (χ1n) is 2.44. The second kappa shape index (κ2) is 2.22. The molecule has 0 amide bonds. The van der Waals surface area contributed by atoms with Crippen LogP contribution in [-0.2, 0) is 0 Å². The van der Waals surface area contributed by atoms with Crippen LogP contribution < -0.4 is 0 Å². The average molecular weight is 127 g/mol. The summed E-state index contributed by atoms with van der Waals surface area (Å²) in [6.07, 6.45) is 5.30. The normalized spacial score (nSPS) is 13.8. The third-order valence-electron chi connectivity index (χ3n) is 0.945. The van der Waals surface area contributed by atoms with Gasteiger partial charge in [-0.25, -0.2) is 4.98 Å². The lowest BCUT2D eigenvalue weighted by Gasteiger charge is -2.00. The van der Waals surface area contributed by atoms with Crippen LogP contribution in [0.15, 0.2) is 18.7 Å². The highest BCUT2D eigenvalue weighted by atomic mass is 32.1. The summed E-state index contributed by atoms with van der Waals surface area (Å²) < 4.78 is 1.87. The van der Waals surface area contributed by atoms with Gasteiger partial charge in [-0.1, -0.05) is 12.6 Å². The summed E-state index contributed by atoms with van der Waals surface area (Å²) in [6.45, 7) is 1.94. The van der Waals surface area contributed by atoms with Gasteiger partial charge >= 0.3 is 0 Å². The lowest BCUT2D eigenvalue weighted by Crippen LogP contribution is -1.92. The maximum Gasteiger partial charge on any atom is 0.0955 e. The Balaban J connectivity index is 2.77. The van der Waals surface area contributed by atoms with Gasteiger partial charge in [0.25, 0.3) is 0 Å². The SMILES string of the molecule is CC([S])n1ccnc1. The molecule has 0 saturated heterocycles. The second-order valence-corrected chi connectivity index (χ2v) is 2.29. The van der Waals surface area contributed by atoms with E-state index in [1.807, 2.05) is 17.7 Å². The number of hydrogen-bond donors (Lipinski definition) is 0. The lowest BCUT2D eigenvalue weighted by atomic mass is 10.7. The zero-order valence-corrected chi connectivity index (χ0v) is 5.43. The Morgan fingerprint density at radius 3 is 2.75 bits per heavy atom. The molecule has 0 aliphatic heterocycles. The summed E-state index contributed by atoms with van der Waals surface area (Å²) in [5.41, 5.74) is 0. The molecule has 0 aliphatic rings. The van der Waals surface area contributed by atoms with Crippen LogP contribution in [0.5, 0.6) is 0 Å². The molecule has 1 atom stereocenters. The molecule has 1 heterocycles. The average Bonchev–Trinajstić information content (AvgIpc) is 2.12. The maximum atomic E-state index is 4.92. The molecule has 0 spiro atoms. The van der Waals surface area contributed by atoms with Crippen LogP contribution in [-0.4, -0.2) is 9.55 Å². The van der Waals surface area contributed by atoms with E-state index in [1.165, 1.54) is 0 Å². The van der Waals surface area contributed by atoms with Crippen LogP contribution in [0, 0.1) is 0 Å². The third-order valence-corrected chi connectivity index (χ3v) is 1.19. The molecule has 0 bridgehead atoms. The Labute approximate surface area is 54.0 Å². The van der Waals surface area contributed by atoms with Gasteiger partial charge in [0.15, 0.2) is 0 Å². The molecular weight excluding hydrogens is 120 g/mol. The van der Waals surface area contributed by atoms with Crippen LogP contribution >= 0.6 is 12.6 Å². The first-order valence-corrected chi connectivity index (χ1v) is 2.91. The molecule has 43 valence electrons. The molecule has 0 aliphatic carbocycles. The van der Waals surface area contributed by atoms with Gasteiger partial charge in [0, 0.05) is 12.4 Å². The minimum atomic E-state index is 0.123. The Morgan fingerprint density at radius 1 is 1.75 bits per heavy atom. The van der Waals surface area contributed by atoms with E-state index in [-0.39, 0.29) is 5.37 Å². The molecule has 0 fully saturated rings. The van der Waals surface area contributed by atoms with Crippen LogP contribution in [0.1, 0.15) is 12.3 Å². The minimum Gasteiger partial charge on any atom is -0.324 e. The molecule has 1 aromatic rings.